The minimum atomic E-state index is -1.23. The van der Waals surface area contributed by atoms with Gasteiger partial charge in [0.15, 0.2) is 5.78 Å². The molecule has 2 aromatic carbocycles. The average Bonchev–Trinajstić information content (AvgIpc) is 2.62. The van der Waals surface area contributed by atoms with Gasteiger partial charge in [0.2, 0.25) is 0 Å². The molecule has 0 aliphatic rings. The lowest BCUT2D eigenvalue weighted by Gasteiger charge is -2.14. The number of ketones is 1. The standard InChI is InChI=1S/C21H20O2/c1-2-3-4-11-16-19(17-12-7-5-8-13-17)21(23)20(22)18-14-9-6-10-15-18/h5-10,12-16,21,23H,2-3H2,1H3/b19-16+. The molecule has 1 atom stereocenters. The SMILES string of the molecule is CCCC#C/C=C(\c1ccccc1)C(O)C(=O)c1ccccc1. The van der Waals surface area contributed by atoms with E-state index in [-0.39, 0.29) is 5.78 Å². The lowest BCUT2D eigenvalue weighted by molar-refractivity contribution is 0.0833. The Morgan fingerprint density at radius 1 is 1.04 bits per heavy atom. The van der Waals surface area contributed by atoms with E-state index in [1.54, 1.807) is 30.3 Å². The van der Waals surface area contributed by atoms with Crippen LogP contribution in [0.2, 0.25) is 0 Å². The Labute approximate surface area is 137 Å². The van der Waals surface area contributed by atoms with Gasteiger partial charge in [0.05, 0.1) is 0 Å². The van der Waals surface area contributed by atoms with Crippen LogP contribution in [0, 0.1) is 11.8 Å². The number of unbranched alkanes of at least 4 members (excludes halogenated alkanes) is 1. The summed E-state index contributed by atoms with van der Waals surface area (Å²) < 4.78 is 0. The Bertz CT molecular complexity index is 719. The largest absolute Gasteiger partial charge is 0.380 e. The molecule has 0 heterocycles. The van der Waals surface area contributed by atoms with Crippen molar-refractivity contribution in [3.8, 4) is 11.8 Å². The van der Waals surface area contributed by atoms with Crippen LogP contribution in [0.5, 0.6) is 0 Å². The second kappa shape index (κ2) is 8.73. The third kappa shape index (κ3) is 4.67. The van der Waals surface area contributed by atoms with E-state index < -0.39 is 6.10 Å². The van der Waals surface area contributed by atoms with Gasteiger partial charge in [0, 0.05) is 17.6 Å². The highest BCUT2D eigenvalue weighted by atomic mass is 16.3. The number of benzene rings is 2. The molecule has 0 aliphatic heterocycles. The minimum Gasteiger partial charge on any atom is -0.380 e. The van der Waals surface area contributed by atoms with Gasteiger partial charge in [-0.2, -0.15) is 0 Å². The number of hydrogen-bond acceptors (Lipinski definition) is 2. The molecule has 1 unspecified atom stereocenters. The van der Waals surface area contributed by atoms with Crippen LogP contribution >= 0.6 is 0 Å². The van der Waals surface area contributed by atoms with E-state index in [4.69, 9.17) is 0 Å². The number of aliphatic hydroxyl groups excluding tert-OH is 1. The van der Waals surface area contributed by atoms with E-state index in [1.807, 2.05) is 36.4 Å². The highest BCUT2D eigenvalue weighted by Gasteiger charge is 2.22. The summed E-state index contributed by atoms with van der Waals surface area (Å²) >= 11 is 0. The molecule has 0 radical (unpaired) electrons. The van der Waals surface area contributed by atoms with Crippen LogP contribution in [0.4, 0.5) is 0 Å². The molecule has 0 bridgehead atoms. The highest BCUT2D eigenvalue weighted by Crippen LogP contribution is 2.21. The first-order chi connectivity index (χ1) is 11.2. The molecule has 0 aromatic heterocycles. The summed E-state index contributed by atoms with van der Waals surface area (Å²) in [4.78, 5) is 12.5. The van der Waals surface area contributed by atoms with Crippen molar-refractivity contribution in [2.45, 2.75) is 25.9 Å². The summed E-state index contributed by atoms with van der Waals surface area (Å²) in [6.07, 6.45) is 2.20. The summed E-state index contributed by atoms with van der Waals surface area (Å²) in [6, 6.07) is 18.2. The van der Waals surface area contributed by atoms with Crippen molar-refractivity contribution in [2.24, 2.45) is 0 Å². The molecule has 2 aromatic rings. The second-order valence-corrected chi connectivity index (χ2v) is 5.17. The summed E-state index contributed by atoms with van der Waals surface area (Å²) in [6.45, 7) is 2.06. The molecule has 116 valence electrons. The van der Waals surface area contributed by atoms with Crippen LogP contribution in [0.3, 0.4) is 0 Å². The Morgan fingerprint density at radius 2 is 1.61 bits per heavy atom. The third-order valence-corrected chi connectivity index (χ3v) is 3.41. The van der Waals surface area contributed by atoms with Gasteiger partial charge in [-0.15, -0.1) is 0 Å². The number of allylic oxidation sites excluding steroid dienone is 1. The molecule has 2 nitrogen and oxygen atoms in total. The molecule has 0 aliphatic carbocycles. The summed E-state index contributed by atoms with van der Waals surface area (Å²) in [5.74, 6) is 5.65. The zero-order valence-electron chi connectivity index (χ0n) is 13.2. The van der Waals surface area contributed by atoms with Gasteiger partial charge in [-0.05, 0) is 18.1 Å². The zero-order chi connectivity index (χ0) is 16.5. The molecule has 0 saturated heterocycles. The van der Waals surface area contributed by atoms with Gasteiger partial charge in [-0.1, -0.05) is 79.4 Å². The topological polar surface area (TPSA) is 37.3 Å². The zero-order valence-corrected chi connectivity index (χ0v) is 13.2. The predicted octanol–water partition coefficient (Wildman–Crippen LogP) is 4.12. The van der Waals surface area contributed by atoms with Crippen LogP contribution in [-0.2, 0) is 0 Å². The number of carbonyl (C=O) groups is 1. The highest BCUT2D eigenvalue weighted by molar-refractivity contribution is 6.06. The molecular weight excluding hydrogens is 284 g/mol. The van der Waals surface area contributed by atoms with Gasteiger partial charge >= 0.3 is 0 Å². The fraction of sp³-hybridized carbons (Fsp3) is 0.190. The van der Waals surface area contributed by atoms with E-state index in [0.29, 0.717) is 11.1 Å². The van der Waals surface area contributed by atoms with Crippen molar-refractivity contribution in [3.63, 3.8) is 0 Å². The number of Topliss-reactive ketones (excluding diaryl/α,β-unsaturated/α-hetero) is 1. The molecular formula is C21H20O2. The monoisotopic (exact) mass is 304 g/mol. The predicted molar refractivity (Wildman–Crippen MR) is 93.9 cm³/mol. The third-order valence-electron chi connectivity index (χ3n) is 3.41. The smallest absolute Gasteiger partial charge is 0.195 e. The molecule has 23 heavy (non-hydrogen) atoms. The van der Waals surface area contributed by atoms with Crippen LogP contribution in [-0.4, -0.2) is 17.0 Å². The van der Waals surface area contributed by atoms with Crippen molar-refractivity contribution in [3.05, 3.63) is 77.9 Å². The molecule has 1 N–H and O–H groups in total. The molecule has 0 amide bonds. The van der Waals surface area contributed by atoms with Crippen molar-refractivity contribution < 1.29 is 9.90 Å². The summed E-state index contributed by atoms with van der Waals surface area (Å²) in [5, 5.41) is 10.6. The Balaban J connectivity index is 2.34. The number of rotatable bonds is 5. The first-order valence-electron chi connectivity index (χ1n) is 7.75. The first kappa shape index (κ1) is 16.7. The number of carbonyl (C=O) groups excluding carboxylic acids is 1. The first-order valence-corrected chi connectivity index (χ1v) is 7.75. The molecule has 2 rings (SSSR count). The molecule has 0 fully saturated rings. The number of hydrogen-bond donors (Lipinski definition) is 1. The van der Waals surface area contributed by atoms with Crippen molar-refractivity contribution in [2.75, 3.05) is 0 Å². The Hall–Kier alpha value is -2.63. The van der Waals surface area contributed by atoms with Crippen molar-refractivity contribution >= 4 is 11.4 Å². The van der Waals surface area contributed by atoms with Crippen LogP contribution in [0.25, 0.3) is 5.57 Å². The molecule has 0 spiro atoms. The molecule has 2 heteroatoms. The maximum Gasteiger partial charge on any atom is 0.195 e. The fourth-order valence-corrected chi connectivity index (χ4v) is 2.18. The Kier molecular flexibility index (Phi) is 6.35. The van der Waals surface area contributed by atoms with Gasteiger partial charge in [-0.25, -0.2) is 0 Å². The summed E-state index contributed by atoms with van der Waals surface area (Å²) in [5.41, 5.74) is 1.82. The quantitative estimate of drug-likeness (QED) is 0.666. The van der Waals surface area contributed by atoms with Crippen LogP contribution in [0.1, 0.15) is 35.7 Å². The van der Waals surface area contributed by atoms with E-state index in [1.165, 1.54) is 0 Å². The second-order valence-electron chi connectivity index (χ2n) is 5.17. The van der Waals surface area contributed by atoms with Crippen LogP contribution in [0.15, 0.2) is 66.7 Å². The maximum absolute atomic E-state index is 12.5. The lowest BCUT2D eigenvalue weighted by Crippen LogP contribution is -2.22. The van der Waals surface area contributed by atoms with E-state index in [0.717, 1.165) is 18.4 Å². The average molecular weight is 304 g/mol. The van der Waals surface area contributed by atoms with Gasteiger partial charge in [0.1, 0.15) is 6.10 Å². The number of aliphatic hydroxyl groups is 1. The van der Waals surface area contributed by atoms with Crippen molar-refractivity contribution in [1.82, 2.24) is 0 Å². The van der Waals surface area contributed by atoms with Crippen molar-refractivity contribution in [1.29, 1.82) is 0 Å². The maximum atomic E-state index is 12.5. The van der Waals surface area contributed by atoms with Gasteiger partial charge in [0.25, 0.3) is 0 Å². The fourth-order valence-electron chi connectivity index (χ4n) is 2.18. The van der Waals surface area contributed by atoms with Crippen LogP contribution < -0.4 is 0 Å². The summed E-state index contributed by atoms with van der Waals surface area (Å²) in [7, 11) is 0. The minimum absolute atomic E-state index is 0.321. The van der Waals surface area contributed by atoms with E-state index in [2.05, 4.69) is 18.8 Å². The normalized spacial score (nSPS) is 12.2. The Morgan fingerprint density at radius 3 is 2.17 bits per heavy atom. The lowest BCUT2D eigenvalue weighted by atomic mass is 9.94. The van der Waals surface area contributed by atoms with E-state index >= 15 is 0 Å². The van der Waals surface area contributed by atoms with Gasteiger partial charge in [-0.3, -0.25) is 4.79 Å². The molecule has 0 saturated carbocycles. The van der Waals surface area contributed by atoms with E-state index in [9.17, 15) is 9.90 Å². The van der Waals surface area contributed by atoms with Gasteiger partial charge < -0.3 is 5.11 Å².